The zero-order valence-corrected chi connectivity index (χ0v) is 18.8. The van der Waals surface area contributed by atoms with Crippen LogP contribution >= 0.6 is 15.9 Å². The average molecular weight is 484 g/mol. The standard InChI is InChI=1S/C24H26BrN3O3/c25-18-3-6-20-21(13-18)22(24(31)27-23(20)30)14-26-19-4-1-17(2-5-19)15-28-10-7-16(8-11-28)9-12-29/h1-6,13-14,16,29H,7-12,15H2,(H2,27,30,31). The number of H-pyrrole nitrogens is 1. The molecule has 0 radical (unpaired) electrons. The predicted octanol–water partition coefficient (Wildman–Crippen LogP) is 4.34. The second kappa shape index (κ2) is 9.77. The van der Waals surface area contributed by atoms with Crippen molar-refractivity contribution < 1.29 is 10.2 Å². The van der Waals surface area contributed by atoms with E-state index in [0.717, 1.165) is 49.1 Å². The minimum Gasteiger partial charge on any atom is -0.494 e. The van der Waals surface area contributed by atoms with Crippen LogP contribution in [-0.4, -0.2) is 46.0 Å². The number of aromatic amines is 1. The van der Waals surface area contributed by atoms with Crippen LogP contribution in [0.25, 0.3) is 10.8 Å². The number of aliphatic hydroxyl groups is 1. The Balaban J connectivity index is 1.46. The van der Waals surface area contributed by atoms with E-state index in [9.17, 15) is 9.90 Å². The van der Waals surface area contributed by atoms with Gasteiger partial charge in [0, 0.05) is 34.6 Å². The number of fused-ring (bicyclic) bond motifs is 1. The molecule has 0 spiro atoms. The van der Waals surface area contributed by atoms with Crippen molar-refractivity contribution in [2.75, 3.05) is 19.7 Å². The van der Waals surface area contributed by atoms with Crippen LogP contribution in [0.2, 0.25) is 0 Å². The molecule has 0 unspecified atom stereocenters. The number of hydrogen-bond acceptors (Lipinski definition) is 5. The molecule has 7 heteroatoms. The van der Waals surface area contributed by atoms with Crippen LogP contribution in [0, 0.1) is 5.92 Å². The Kier molecular flexibility index (Phi) is 6.85. The van der Waals surface area contributed by atoms with Crippen LogP contribution in [0.5, 0.6) is 5.88 Å². The third-order valence-corrected chi connectivity index (χ3v) is 6.43. The summed E-state index contributed by atoms with van der Waals surface area (Å²) >= 11 is 3.42. The summed E-state index contributed by atoms with van der Waals surface area (Å²) in [6.07, 6.45) is 4.80. The largest absolute Gasteiger partial charge is 0.494 e. The summed E-state index contributed by atoms with van der Waals surface area (Å²) < 4.78 is 0.824. The van der Waals surface area contributed by atoms with Crippen molar-refractivity contribution in [2.24, 2.45) is 10.9 Å². The van der Waals surface area contributed by atoms with E-state index in [0.29, 0.717) is 22.3 Å². The maximum absolute atomic E-state index is 12.1. The second-order valence-electron chi connectivity index (χ2n) is 8.06. The van der Waals surface area contributed by atoms with E-state index in [1.54, 1.807) is 24.4 Å². The molecule has 3 N–H and O–H groups in total. The number of aliphatic imine (C=N–C) groups is 1. The highest BCUT2D eigenvalue weighted by Gasteiger charge is 2.18. The Bertz CT molecular complexity index is 1130. The number of aromatic hydroxyl groups is 1. The van der Waals surface area contributed by atoms with Crippen LogP contribution in [0.3, 0.4) is 0 Å². The van der Waals surface area contributed by atoms with Crippen LogP contribution in [-0.2, 0) is 6.54 Å². The maximum Gasteiger partial charge on any atom is 0.258 e. The fraction of sp³-hybridized carbons (Fsp3) is 0.333. The third-order valence-electron chi connectivity index (χ3n) is 5.93. The molecule has 0 saturated carbocycles. The van der Waals surface area contributed by atoms with E-state index in [2.05, 4.69) is 42.9 Å². The van der Waals surface area contributed by atoms with Gasteiger partial charge >= 0.3 is 0 Å². The Hall–Kier alpha value is -2.48. The minimum absolute atomic E-state index is 0.194. The average Bonchev–Trinajstić information content (AvgIpc) is 2.76. The molecular formula is C24H26BrN3O3. The number of aromatic nitrogens is 1. The minimum atomic E-state index is -0.332. The lowest BCUT2D eigenvalue weighted by Crippen LogP contribution is -2.33. The molecule has 1 saturated heterocycles. The molecule has 162 valence electrons. The van der Waals surface area contributed by atoms with Gasteiger partial charge in [0.2, 0.25) is 5.88 Å². The first-order valence-electron chi connectivity index (χ1n) is 10.5. The number of pyridine rings is 1. The van der Waals surface area contributed by atoms with Gasteiger partial charge in [0.15, 0.2) is 0 Å². The van der Waals surface area contributed by atoms with Crippen molar-refractivity contribution in [3.8, 4) is 5.88 Å². The molecule has 2 heterocycles. The Morgan fingerprint density at radius 2 is 1.87 bits per heavy atom. The van der Waals surface area contributed by atoms with Gasteiger partial charge in [0.05, 0.1) is 11.3 Å². The lowest BCUT2D eigenvalue weighted by molar-refractivity contribution is 0.153. The van der Waals surface area contributed by atoms with Crippen LogP contribution < -0.4 is 5.56 Å². The molecule has 0 aliphatic carbocycles. The van der Waals surface area contributed by atoms with Gasteiger partial charge in [0.1, 0.15) is 0 Å². The first-order valence-corrected chi connectivity index (χ1v) is 11.3. The van der Waals surface area contributed by atoms with Crippen LogP contribution in [0.4, 0.5) is 5.69 Å². The second-order valence-corrected chi connectivity index (χ2v) is 8.98. The van der Waals surface area contributed by atoms with E-state index in [1.807, 2.05) is 12.1 Å². The SMILES string of the molecule is O=c1[nH]c(O)c(C=Nc2ccc(CN3CCC(CCO)CC3)cc2)c2cc(Br)ccc12. The van der Waals surface area contributed by atoms with Crippen molar-refractivity contribution in [3.05, 3.63) is 68.4 Å². The molecule has 0 amide bonds. The summed E-state index contributed by atoms with van der Waals surface area (Å²) in [7, 11) is 0. The van der Waals surface area contributed by atoms with Gasteiger partial charge in [-0.3, -0.25) is 19.7 Å². The van der Waals surface area contributed by atoms with Gasteiger partial charge < -0.3 is 10.2 Å². The predicted molar refractivity (Wildman–Crippen MR) is 127 cm³/mol. The number of aliphatic hydroxyl groups excluding tert-OH is 1. The number of rotatable bonds is 6. The Labute approximate surface area is 189 Å². The summed E-state index contributed by atoms with van der Waals surface area (Å²) in [4.78, 5) is 21.5. The monoisotopic (exact) mass is 483 g/mol. The summed E-state index contributed by atoms with van der Waals surface area (Å²) in [5.41, 5.74) is 2.16. The summed E-state index contributed by atoms with van der Waals surface area (Å²) in [5, 5.41) is 20.5. The zero-order valence-electron chi connectivity index (χ0n) is 17.2. The van der Waals surface area contributed by atoms with E-state index in [-0.39, 0.29) is 18.0 Å². The molecular weight excluding hydrogens is 458 g/mol. The number of nitrogens with one attached hydrogen (secondary N) is 1. The van der Waals surface area contributed by atoms with Gasteiger partial charge in [-0.2, -0.15) is 0 Å². The van der Waals surface area contributed by atoms with Crippen molar-refractivity contribution in [2.45, 2.75) is 25.8 Å². The van der Waals surface area contributed by atoms with Gasteiger partial charge in [-0.1, -0.05) is 28.1 Å². The highest BCUT2D eigenvalue weighted by atomic mass is 79.9. The normalized spacial score (nSPS) is 15.8. The lowest BCUT2D eigenvalue weighted by atomic mass is 9.94. The van der Waals surface area contributed by atoms with E-state index in [4.69, 9.17) is 5.11 Å². The van der Waals surface area contributed by atoms with Crippen LogP contribution in [0.15, 0.2) is 56.7 Å². The molecule has 4 rings (SSSR count). The molecule has 0 bridgehead atoms. The topological polar surface area (TPSA) is 88.9 Å². The van der Waals surface area contributed by atoms with Gasteiger partial charge in [-0.15, -0.1) is 0 Å². The van der Waals surface area contributed by atoms with Crippen molar-refractivity contribution >= 4 is 38.6 Å². The molecule has 6 nitrogen and oxygen atoms in total. The van der Waals surface area contributed by atoms with E-state index < -0.39 is 0 Å². The quantitative estimate of drug-likeness (QED) is 0.454. The first-order chi connectivity index (χ1) is 15.0. The maximum atomic E-state index is 12.1. The molecule has 1 aliphatic rings. The smallest absolute Gasteiger partial charge is 0.258 e. The first kappa shape index (κ1) is 21.7. The molecule has 1 aliphatic heterocycles. The molecule has 1 aromatic heterocycles. The highest BCUT2D eigenvalue weighted by molar-refractivity contribution is 9.10. The Morgan fingerprint density at radius 1 is 1.13 bits per heavy atom. The molecule has 31 heavy (non-hydrogen) atoms. The fourth-order valence-corrected chi connectivity index (χ4v) is 4.50. The number of likely N-dealkylation sites (tertiary alicyclic amines) is 1. The molecule has 0 atom stereocenters. The van der Waals surface area contributed by atoms with Crippen LogP contribution in [0.1, 0.15) is 30.4 Å². The molecule has 2 aromatic carbocycles. The summed E-state index contributed by atoms with van der Waals surface area (Å²) in [5.74, 6) is 0.458. The number of hydrogen-bond donors (Lipinski definition) is 3. The number of benzene rings is 2. The van der Waals surface area contributed by atoms with Gasteiger partial charge in [-0.25, -0.2) is 0 Å². The molecule has 1 fully saturated rings. The Morgan fingerprint density at radius 3 is 2.58 bits per heavy atom. The van der Waals surface area contributed by atoms with Gasteiger partial charge in [0.25, 0.3) is 5.56 Å². The fourth-order valence-electron chi connectivity index (χ4n) is 4.14. The highest BCUT2D eigenvalue weighted by Crippen LogP contribution is 2.26. The lowest BCUT2D eigenvalue weighted by Gasteiger charge is -2.31. The molecule has 3 aromatic rings. The van der Waals surface area contributed by atoms with Crippen molar-refractivity contribution in [1.82, 2.24) is 9.88 Å². The van der Waals surface area contributed by atoms with E-state index >= 15 is 0 Å². The summed E-state index contributed by atoms with van der Waals surface area (Å²) in [6.45, 7) is 3.34. The number of nitrogens with zero attached hydrogens (tertiary/aromatic N) is 2. The van der Waals surface area contributed by atoms with Crippen molar-refractivity contribution in [1.29, 1.82) is 0 Å². The third kappa shape index (κ3) is 5.23. The number of halogens is 1. The zero-order chi connectivity index (χ0) is 21.8. The van der Waals surface area contributed by atoms with E-state index in [1.165, 1.54) is 5.56 Å². The van der Waals surface area contributed by atoms with Crippen molar-refractivity contribution in [3.63, 3.8) is 0 Å². The van der Waals surface area contributed by atoms with Gasteiger partial charge in [-0.05, 0) is 74.2 Å². The number of piperidine rings is 1. The summed E-state index contributed by atoms with van der Waals surface area (Å²) in [6, 6.07) is 13.4.